The third kappa shape index (κ3) is 4.69. The third-order valence-corrected chi connectivity index (χ3v) is 4.14. The van der Waals surface area contributed by atoms with Crippen molar-refractivity contribution in [3.8, 4) is 17.2 Å². The Bertz CT molecular complexity index is 761. The first-order valence-electron chi connectivity index (χ1n) is 8.46. The van der Waals surface area contributed by atoms with Gasteiger partial charge in [-0.2, -0.15) is 0 Å². The molecule has 1 unspecified atom stereocenters. The van der Waals surface area contributed by atoms with Crippen LogP contribution in [0.5, 0.6) is 17.2 Å². The van der Waals surface area contributed by atoms with Crippen LogP contribution < -0.4 is 14.2 Å². The zero-order valence-corrected chi connectivity index (χ0v) is 15.9. The van der Waals surface area contributed by atoms with Crippen molar-refractivity contribution < 1.29 is 24.1 Å². The van der Waals surface area contributed by atoms with Gasteiger partial charge in [0.25, 0.3) is 0 Å². The van der Waals surface area contributed by atoms with Gasteiger partial charge >= 0.3 is 5.97 Å². The summed E-state index contributed by atoms with van der Waals surface area (Å²) in [5.41, 5.74) is 1.55. The predicted octanol–water partition coefficient (Wildman–Crippen LogP) is 4.08. The van der Waals surface area contributed by atoms with E-state index < -0.39 is 12.1 Å². The second-order valence-electron chi connectivity index (χ2n) is 7.07. The van der Waals surface area contributed by atoms with Gasteiger partial charge in [0.05, 0.1) is 14.2 Å². The van der Waals surface area contributed by atoms with Gasteiger partial charge in [-0.25, -0.2) is 4.79 Å². The minimum Gasteiger partial charge on any atom is -0.497 e. The van der Waals surface area contributed by atoms with Crippen LogP contribution in [0.25, 0.3) is 0 Å². The molecule has 26 heavy (non-hydrogen) atoms. The molecule has 0 spiro atoms. The van der Waals surface area contributed by atoms with Crippen molar-refractivity contribution in [1.82, 2.24) is 0 Å². The molecule has 5 heteroatoms. The molecule has 1 atom stereocenters. The monoisotopic (exact) mass is 358 g/mol. The molecule has 0 aromatic heterocycles. The lowest BCUT2D eigenvalue weighted by Crippen LogP contribution is -2.30. The molecule has 0 saturated heterocycles. The Hall–Kier alpha value is -2.69. The molecule has 1 N–H and O–H groups in total. The Balaban J connectivity index is 2.31. The fraction of sp³-hybridized carbons (Fsp3) is 0.381. The molecule has 2 rings (SSSR count). The van der Waals surface area contributed by atoms with Crippen LogP contribution in [-0.2, 0) is 16.6 Å². The summed E-state index contributed by atoms with van der Waals surface area (Å²) in [6.07, 6.45) is -0.846. The molecular weight excluding hydrogens is 332 g/mol. The molecule has 0 bridgehead atoms. The molecule has 0 heterocycles. The number of hydrogen-bond donors (Lipinski definition) is 1. The van der Waals surface area contributed by atoms with Crippen molar-refractivity contribution in [3.63, 3.8) is 0 Å². The van der Waals surface area contributed by atoms with Crippen LogP contribution in [0, 0.1) is 0 Å². The lowest BCUT2D eigenvalue weighted by molar-refractivity contribution is -0.145. The van der Waals surface area contributed by atoms with Crippen LogP contribution in [0.15, 0.2) is 42.5 Å². The van der Waals surface area contributed by atoms with Gasteiger partial charge < -0.3 is 19.3 Å². The number of para-hydroxylation sites is 1. The van der Waals surface area contributed by atoms with E-state index in [1.807, 2.05) is 24.3 Å². The number of aliphatic carboxylic acids is 1. The van der Waals surface area contributed by atoms with E-state index in [1.54, 1.807) is 32.4 Å². The zero-order valence-electron chi connectivity index (χ0n) is 15.9. The van der Waals surface area contributed by atoms with Crippen molar-refractivity contribution in [2.75, 3.05) is 14.2 Å². The highest BCUT2D eigenvalue weighted by Crippen LogP contribution is 2.32. The molecular formula is C21H26O5. The van der Waals surface area contributed by atoms with Gasteiger partial charge in [0.15, 0.2) is 6.10 Å². The largest absolute Gasteiger partial charge is 0.497 e. The van der Waals surface area contributed by atoms with Gasteiger partial charge in [-0.3, -0.25) is 0 Å². The van der Waals surface area contributed by atoms with Gasteiger partial charge in [0, 0.05) is 12.5 Å². The van der Waals surface area contributed by atoms with E-state index in [1.165, 1.54) is 0 Å². The molecule has 0 amide bonds. The normalized spacial score (nSPS) is 12.3. The average Bonchev–Trinajstić information content (AvgIpc) is 2.60. The Morgan fingerprint density at radius 1 is 1.04 bits per heavy atom. The predicted molar refractivity (Wildman–Crippen MR) is 100 cm³/mol. The number of benzene rings is 2. The first-order valence-corrected chi connectivity index (χ1v) is 8.46. The van der Waals surface area contributed by atoms with E-state index in [0.717, 1.165) is 11.1 Å². The summed E-state index contributed by atoms with van der Waals surface area (Å²) in [6, 6.07) is 12.8. The molecule has 0 fully saturated rings. The minimum absolute atomic E-state index is 0.155. The molecule has 0 aliphatic heterocycles. The van der Waals surface area contributed by atoms with Gasteiger partial charge in [0.2, 0.25) is 0 Å². The van der Waals surface area contributed by atoms with Crippen LogP contribution in [0.4, 0.5) is 0 Å². The summed E-state index contributed by atoms with van der Waals surface area (Å²) in [5.74, 6) is 0.784. The van der Waals surface area contributed by atoms with E-state index >= 15 is 0 Å². The summed E-state index contributed by atoms with van der Waals surface area (Å²) >= 11 is 0. The van der Waals surface area contributed by atoms with E-state index in [4.69, 9.17) is 14.2 Å². The topological polar surface area (TPSA) is 65.0 Å². The molecule has 5 nitrogen and oxygen atoms in total. The van der Waals surface area contributed by atoms with Crippen molar-refractivity contribution in [1.29, 1.82) is 0 Å². The van der Waals surface area contributed by atoms with Crippen LogP contribution in [0.2, 0.25) is 0 Å². The van der Waals surface area contributed by atoms with Crippen molar-refractivity contribution in [2.24, 2.45) is 0 Å². The standard InChI is InChI=1S/C21H26O5/c1-21(2,3)16-8-6-7-9-17(16)26-19(20(22)23)12-14-10-11-15(24-4)13-18(14)25-5/h6-11,13,19H,12H2,1-5H3,(H,22,23). The van der Waals surface area contributed by atoms with Crippen LogP contribution in [0.1, 0.15) is 31.9 Å². The van der Waals surface area contributed by atoms with Crippen LogP contribution >= 0.6 is 0 Å². The van der Waals surface area contributed by atoms with E-state index in [9.17, 15) is 9.90 Å². The molecule has 0 saturated carbocycles. The number of ether oxygens (including phenoxy) is 3. The maximum atomic E-state index is 11.8. The highest BCUT2D eigenvalue weighted by molar-refractivity contribution is 5.73. The van der Waals surface area contributed by atoms with Crippen molar-refractivity contribution >= 4 is 5.97 Å². The SMILES string of the molecule is COc1ccc(CC(Oc2ccccc2C(C)(C)C)C(=O)O)c(OC)c1. The fourth-order valence-corrected chi connectivity index (χ4v) is 2.74. The highest BCUT2D eigenvalue weighted by atomic mass is 16.5. The average molecular weight is 358 g/mol. The summed E-state index contributed by atoms with van der Waals surface area (Å²) < 4.78 is 16.5. The molecule has 2 aromatic rings. The third-order valence-electron chi connectivity index (χ3n) is 4.14. The highest BCUT2D eigenvalue weighted by Gasteiger charge is 2.25. The lowest BCUT2D eigenvalue weighted by atomic mass is 9.86. The second kappa shape index (κ2) is 8.13. The van der Waals surface area contributed by atoms with Gasteiger partial charge in [0.1, 0.15) is 17.2 Å². The summed E-state index contributed by atoms with van der Waals surface area (Å²) in [7, 11) is 3.12. The number of rotatable bonds is 7. The number of methoxy groups -OCH3 is 2. The van der Waals surface area contributed by atoms with Gasteiger partial charge in [-0.15, -0.1) is 0 Å². The minimum atomic E-state index is -1.03. The Labute approximate surface area is 154 Å². The fourth-order valence-electron chi connectivity index (χ4n) is 2.74. The Morgan fingerprint density at radius 2 is 1.73 bits per heavy atom. The molecule has 2 aromatic carbocycles. The van der Waals surface area contributed by atoms with Gasteiger partial charge in [-0.05, 0) is 28.7 Å². The Kier molecular flexibility index (Phi) is 6.14. The quantitative estimate of drug-likeness (QED) is 0.808. The van der Waals surface area contributed by atoms with Crippen LogP contribution in [0.3, 0.4) is 0 Å². The number of carboxylic acid groups (broad SMARTS) is 1. The van der Waals surface area contributed by atoms with Crippen LogP contribution in [-0.4, -0.2) is 31.4 Å². The van der Waals surface area contributed by atoms with Gasteiger partial charge in [-0.1, -0.05) is 45.0 Å². The first-order chi connectivity index (χ1) is 12.3. The smallest absolute Gasteiger partial charge is 0.345 e. The maximum Gasteiger partial charge on any atom is 0.345 e. The summed E-state index contributed by atoms with van der Waals surface area (Å²) in [4.78, 5) is 11.8. The van der Waals surface area contributed by atoms with E-state index in [-0.39, 0.29) is 11.8 Å². The zero-order chi connectivity index (χ0) is 19.3. The van der Waals surface area contributed by atoms with Crippen molar-refractivity contribution in [3.05, 3.63) is 53.6 Å². The maximum absolute atomic E-state index is 11.8. The number of carboxylic acids is 1. The molecule has 140 valence electrons. The second-order valence-corrected chi connectivity index (χ2v) is 7.07. The molecule has 0 aliphatic carbocycles. The van der Waals surface area contributed by atoms with E-state index in [2.05, 4.69) is 20.8 Å². The summed E-state index contributed by atoms with van der Waals surface area (Å²) in [5, 5.41) is 9.66. The molecule has 0 radical (unpaired) electrons. The number of hydrogen-bond acceptors (Lipinski definition) is 4. The summed E-state index contributed by atoms with van der Waals surface area (Å²) in [6.45, 7) is 6.20. The van der Waals surface area contributed by atoms with Crippen molar-refractivity contribution in [2.45, 2.75) is 38.7 Å². The Morgan fingerprint density at radius 3 is 2.31 bits per heavy atom. The van der Waals surface area contributed by atoms with E-state index in [0.29, 0.717) is 17.2 Å². The molecule has 0 aliphatic rings. The number of carbonyl (C=O) groups is 1. The first kappa shape index (κ1) is 19.6. The lowest BCUT2D eigenvalue weighted by Gasteiger charge is -2.25.